The fraction of sp³-hybridized carbons (Fsp3) is 0.200. The lowest BCUT2D eigenvalue weighted by Gasteiger charge is -2.02. The molecule has 0 aromatic heterocycles. The Hall–Kier alpha value is -2.00. The fourth-order valence-electron chi connectivity index (χ4n) is 0.925. The summed E-state index contributed by atoms with van der Waals surface area (Å²) in [5.74, 6) is 0. The Kier molecular flexibility index (Phi) is 3.35. The van der Waals surface area contributed by atoms with Crippen molar-refractivity contribution in [3.8, 4) is 12.1 Å². The Morgan fingerprint density at radius 3 is 2.38 bits per heavy atom. The molecule has 0 aliphatic carbocycles. The van der Waals surface area contributed by atoms with E-state index in [-0.39, 0.29) is 0 Å². The maximum atomic E-state index is 8.53. The number of hydrogen-bond donors (Lipinski definition) is 1. The molecule has 0 heterocycles. The molecule has 3 heteroatoms. The maximum Gasteiger partial charge on any atom is 0.0991 e. The monoisotopic (exact) mass is 171 g/mol. The van der Waals surface area contributed by atoms with Crippen LogP contribution in [-0.2, 0) is 0 Å². The van der Waals surface area contributed by atoms with E-state index in [2.05, 4.69) is 5.32 Å². The summed E-state index contributed by atoms with van der Waals surface area (Å²) >= 11 is 0. The van der Waals surface area contributed by atoms with Gasteiger partial charge in [-0.2, -0.15) is 10.5 Å². The van der Waals surface area contributed by atoms with Crippen molar-refractivity contribution in [3.05, 3.63) is 29.8 Å². The molecule has 0 amide bonds. The van der Waals surface area contributed by atoms with Crippen molar-refractivity contribution in [2.45, 2.75) is 6.42 Å². The van der Waals surface area contributed by atoms with Crippen LogP contribution in [0.1, 0.15) is 12.0 Å². The van der Waals surface area contributed by atoms with Crippen LogP contribution in [0.2, 0.25) is 0 Å². The van der Waals surface area contributed by atoms with Gasteiger partial charge >= 0.3 is 0 Å². The third-order valence-electron chi connectivity index (χ3n) is 1.58. The zero-order chi connectivity index (χ0) is 9.52. The average Bonchev–Trinajstić information content (AvgIpc) is 2.19. The van der Waals surface area contributed by atoms with Crippen molar-refractivity contribution in [2.75, 3.05) is 11.9 Å². The molecule has 0 aliphatic rings. The van der Waals surface area contributed by atoms with E-state index in [0.29, 0.717) is 18.5 Å². The van der Waals surface area contributed by atoms with Gasteiger partial charge in [0.2, 0.25) is 0 Å². The summed E-state index contributed by atoms with van der Waals surface area (Å²) in [6.07, 6.45) is 0.486. The minimum absolute atomic E-state index is 0.486. The standard InChI is InChI=1S/C10H9N3/c11-6-1-7-13-10-4-2-9(8-12)3-5-10/h2-5,13H,1,7H2. The molecule has 1 aromatic rings. The molecule has 0 aliphatic heterocycles. The van der Waals surface area contributed by atoms with Crippen LogP contribution >= 0.6 is 0 Å². The van der Waals surface area contributed by atoms with Gasteiger partial charge < -0.3 is 5.32 Å². The van der Waals surface area contributed by atoms with Gasteiger partial charge in [-0.05, 0) is 24.3 Å². The van der Waals surface area contributed by atoms with Crippen LogP contribution in [0.4, 0.5) is 5.69 Å². The molecule has 1 N–H and O–H groups in total. The van der Waals surface area contributed by atoms with Gasteiger partial charge in [0, 0.05) is 12.2 Å². The van der Waals surface area contributed by atoms with E-state index in [0.717, 1.165) is 5.69 Å². The van der Waals surface area contributed by atoms with Crippen LogP contribution in [0.25, 0.3) is 0 Å². The number of anilines is 1. The van der Waals surface area contributed by atoms with E-state index in [1.54, 1.807) is 12.1 Å². The van der Waals surface area contributed by atoms with Crippen LogP contribution in [0, 0.1) is 22.7 Å². The molecule has 1 aromatic carbocycles. The second-order valence-electron chi connectivity index (χ2n) is 2.52. The van der Waals surface area contributed by atoms with E-state index < -0.39 is 0 Å². The summed E-state index contributed by atoms with van der Waals surface area (Å²) in [4.78, 5) is 0. The van der Waals surface area contributed by atoms with Crippen LogP contribution in [0.15, 0.2) is 24.3 Å². The zero-order valence-corrected chi connectivity index (χ0v) is 7.12. The SMILES string of the molecule is N#CCCNc1ccc(C#N)cc1. The van der Waals surface area contributed by atoms with Crippen molar-refractivity contribution in [2.24, 2.45) is 0 Å². The predicted octanol–water partition coefficient (Wildman–Crippen LogP) is 1.88. The van der Waals surface area contributed by atoms with Crippen molar-refractivity contribution in [3.63, 3.8) is 0 Å². The number of hydrogen-bond acceptors (Lipinski definition) is 3. The minimum Gasteiger partial charge on any atom is -0.384 e. The molecule has 0 fully saturated rings. The topological polar surface area (TPSA) is 59.6 Å². The van der Waals surface area contributed by atoms with E-state index in [9.17, 15) is 0 Å². The van der Waals surface area contributed by atoms with Crippen LogP contribution in [-0.4, -0.2) is 6.54 Å². The zero-order valence-electron chi connectivity index (χ0n) is 7.12. The lowest BCUT2D eigenvalue weighted by Crippen LogP contribution is -1.99. The van der Waals surface area contributed by atoms with Gasteiger partial charge in [0.1, 0.15) is 0 Å². The van der Waals surface area contributed by atoms with E-state index >= 15 is 0 Å². The molecular weight excluding hydrogens is 162 g/mol. The molecule has 64 valence electrons. The Balaban J connectivity index is 2.52. The molecular formula is C10H9N3. The van der Waals surface area contributed by atoms with Crippen LogP contribution < -0.4 is 5.32 Å². The van der Waals surface area contributed by atoms with Gasteiger partial charge in [-0.1, -0.05) is 0 Å². The van der Waals surface area contributed by atoms with E-state index in [4.69, 9.17) is 10.5 Å². The Morgan fingerprint density at radius 2 is 1.85 bits per heavy atom. The van der Waals surface area contributed by atoms with Crippen LogP contribution in [0.3, 0.4) is 0 Å². The second-order valence-corrected chi connectivity index (χ2v) is 2.52. The number of nitriles is 2. The van der Waals surface area contributed by atoms with Crippen LogP contribution in [0.5, 0.6) is 0 Å². The largest absolute Gasteiger partial charge is 0.384 e. The predicted molar refractivity (Wildman–Crippen MR) is 49.9 cm³/mol. The fourth-order valence-corrected chi connectivity index (χ4v) is 0.925. The number of nitrogens with zero attached hydrogens (tertiary/aromatic N) is 2. The van der Waals surface area contributed by atoms with Gasteiger partial charge in [-0.15, -0.1) is 0 Å². The second kappa shape index (κ2) is 4.79. The summed E-state index contributed by atoms with van der Waals surface area (Å²) in [7, 11) is 0. The van der Waals surface area contributed by atoms with Crippen molar-refractivity contribution in [1.82, 2.24) is 0 Å². The quantitative estimate of drug-likeness (QED) is 0.706. The molecule has 0 saturated carbocycles. The van der Waals surface area contributed by atoms with Gasteiger partial charge in [-0.25, -0.2) is 0 Å². The van der Waals surface area contributed by atoms with Crippen molar-refractivity contribution < 1.29 is 0 Å². The average molecular weight is 171 g/mol. The molecule has 0 bridgehead atoms. The molecule has 3 nitrogen and oxygen atoms in total. The highest BCUT2D eigenvalue weighted by atomic mass is 14.9. The number of benzene rings is 1. The normalized spacial score (nSPS) is 8.46. The van der Waals surface area contributed by atoms with Gasteiger partial charge in [-0.3, -0.25) is 0 Å². The lowest BCUT2D eigenvalue weighted by atomic mass is 10.2. The molecule has 0 unspecified atom stereocenters. The molecule has 1 rings (SSSR count). The Labute approximate surface area is 77.2 Å². The summed E-state index contributed by atoms with van der Waals surface area (Å²) in [5.41, 5.74) is 1.58. The molecule has 13 heavy (non-hydrogen) atoms. The number of nitrogens with one attached hydrogen (secondary N) is 1. The highest BCUT2D eigenvalue weighted by Crippen LogP contribution is 2.08. The third-order valence-corrected chi connectivity index (χ3v) is 1.58. The van der Waals surface area contributed by atoms with Crippen molar-refractivity contribution >= 4 is 5.69 Å². The third kappa shape index (κ3) is 2.84. The van der Waals surface area contributed by atoms with Gasteiger partial charge in [0.05, 0.1) is 24.1 Å². The highest BCUT2D eigenvalue weighted by molar-refractivity contribution is 5.47. The molecule has 0 saturated heterocycles. The summed E-state index contributed by atoms with van der Waals surface area (Å²) < 4.78 is 0. The van der Waals surface area contributed by atoms with Crippen molar-refractivity contribution in [1.29, 1.82) is 10.5 Å². The maximum absolute atomic E-state index is 8.53. The summed E-state index contributed by atoms with van der Waals surface area (Å²) in [5, 5.41) is 19.9. The first kappa shape index (κ1) is 9.09. The number of rotatable bonds is 3. The first-order chi connectivity index (χ1) is 6.36. The summed E-state index contributed by atoms with van der Waals surface area (Å²) in [6.45, 7) is 0.641. The van der Waals surface area contributed by atoms with E-state index in [1.165, 1.54) is 0 Å². The summed E-state index contributed by atoms with van der Waals surface area (Å²) in [6, 6.07) is 11.2. The molecule has 0 spiro atoms. The van der Waals surface area contributed by atoms with Gasteiger partial charge in [0.25, 0.3) is 0 Å². The first-order valence-electron chi connectivity index (χ1n) is 3.98. The van der Waals surface area contributed by atoms with Gasteiger partial charge in [0.15, 0.2) is 0 Å². The molecule has 0 atom stereocenters. The lowest BCUT2D eigenvalue weighted by molar-refractivity contribution is 1.08. The Morgan fingerprint density at radius 1 is 1.15 bits per heavy atom. The highest BCUT2D eigenvalue weighted by Gasteiger charge is 1.91. The molecule has 0 radical (unpaired) electrons. The first-order valence-corrected chi connectivity index (χ1v) is 3.98. The minimum atomic E-state index is 0.486. The van der Waals surface area contributed by atoms with E-state index in [1.807, 2.05) is 24.3 Å². The Bertz CT molecular complexity index is 340. The smallest absolute Gasteiger partial charge is 0.0991 e.